The van der Waals surface area contributed by atoms with Crippen LogP contribution < -0.4 is 5.32 Å². The quantitative estimate of drug-likeness (QED) is 0.508. The third-order valence-electron chi connectivity index (χ3n) is 1.43. The molecule has 0 aliphatic carbocycles. The number of carbonyl (C=O) groups excluding carboxylic acids is 1. The SMILES string of the molecule is CC(C)OCC(=O)NCCCCCl. The molecule has 0 aromatic rings. The van der Waals surface area contributed by atoms with Gasteiger partial charge in [-0.15, -0.1) is 11.6 Å². The van der Waals surface area contributed by atoms with Crippen LogP contribution in [0, 0.1) is 0 Å². The van der Waals surface area contributed by atoms with E-state index < -0.39 is 0 Å². The number of hydrogen-bond acceptors (Lipinski definition) is 2. The molecule has 0 atom stereocenters. The van der Waals surface area contributed by atoms with Crippen molar-refractivity contribution in [1.82, 2.24) is 5.32 Å². The van der Waals surface area contributed by atoms with Crippen LogP contribution in [0.1, 0.15) is 26.7 Å². The molecule has 0 unspecified atom stereocenters. The van der Waals surface area contributed by atoms with Crippen molar-refractivity contribution >= 4 is 17.5 Å². The van der Waals surface area contributed by atoms with Gasteiger partial charge in [0.1, 0.15) is 6.61 Å². The summed E-state index contributed by atoms with van der Waals surface area (Å²) in [5.74, 6) is 0.599. The van der Waals surface area contributed by atoms with Crippen LogP contribution in [0.3, 0.4) is 0 Å². The average Bonchev–Trinajstić information content (AvgIpc) is 2.09. The Hall–Kier alpha value is -0.280. The van der Waals surface area contributed by atoms with E-state index >= 15 is 0 Å². The molecule has 0 saturated carbocycles. The van der Waals surface area contributed by atoms with Gasteiger partial charge in [-0.1, -0.05) is 0 Å². The van der Waals surface area contributed by atoms with Gasteiger partial charge in [-0.3, -0.25) is 4.79 Å². The summed E-state index contributed by atoms with van der Waals surface area (Å²) in [5.41, 5.74) is 0. The van der Waals surface area contributed by atoms with Crippen LogP contribution in [-0.2, 0) is 9.53 Å². The maximum atomic E-state index is 11.0. The van der Waals surface area contributed by atoms with Crippen LogP contribution >= 0.6 is 11.6 Å². The van der Waals surface area contributed by atoms with E-state index in [9.17, 15) is 4.79 Å². The van der Waals surface area contributed by atoms with E-state index in [-0.39, 0.29) is 18.6 Å². The largest absolute Gasteiger partial charge is 0.369 e. The van der Waals surface area contributed by atoms with Crippen LogP contribution in [0.5, 0.6) is 0 Å². The second-order valence-electron chi connectivity index (χ2n) is 3.11. The Morgan fingerprint density at radius 2 is 2.15 bits per heavy atom. The second-order valence-corrected chi connectivity index (χ2v) is 3.48. The summed E-state index contributed by atoms with van der Waals surface area (Å²) in [7, 11) is 0. The van der Waals surface area contributed by atoms with Crippen LogP contribution in [0.2, 0.25) is 0 Å². The minimum Gasteiger partial charge on any atom is -0.369 e. The first kappa shape index (κ1) is 12.7. The van der Waals surface area contributed by atoms with E-state index in [0.717, 1.165) is 12.8 Å². The van der Waals surface area contributed by atoms with Crippen LogP contribution in [0.4, 0.5) is 0 Å². The fourth-order valence-corrected chi connectivity index (χ4v) is 0.930. The molecule has 0 spiro atoms. The predicted octanol–water partition coefficient (Wildman–Crippen LogP) is 1.55. The van der Waals surface area contributed by atoms with E-state index in [1.54, 1.807) is 0 Å². The van der Waals surface area contributed by atoms with Crippen molar-refractivity contribution in [1.29, 1.82) is 0 Å². The first-order valence-corrected chi connectivity index (χ1v) is 5.14. The summed E-state index contributed by atoms with van der Waals surface area (Å²) < 4.78 is 5.12. The van der Waals surface area contributed by atoms with Gasteiger partial charge >= 0.3 is 0 Å². The average molecular weight is 208 g/mol. The topological polar surface area (TPSA) is 38.3 Å². The number of unbranched alkanes of at least 4 members (excludes halogenated alkanes) is 1. The fraction of sp³-hybridized carbons (Fsp3) is 0.889. The first-order chi connectivity index (χ1) is 6.16. The Morgan fingerprint density at radius 1 is 1.46 bits per heavy atom. The number of hydrogen-bond donors (Lipinski definition) is 1. The van der Waals surface area contributed by atoms with E-state index in [1.165, 1.54) is 0 Å². The highest BCUT2D eigenvalue weighted by molar-refractivity contribution is 6.17. The molecular formula is C9H18ClNO2. The summed E-state index contributed by atoms with van der Waals surface area (Å²) >= 11 is 5.48. The molecule has 0 radical (unpaired) electrons. The van der Waals surface area contributed by atoms with Gasteiger partial charge < -0.3 is 10.1 Å². The molecule has 13 heavy (non-hydrogen) atoms. The van der Waals surface area contributed by atoms with Gasteiger partial charge in [0.05, 0.1) is 6.10 Å². The summed E-state index contributed by atoms with van der Waals surface area (Å²) in [6.07, 6.45) is 1.97. The monoisotopic (exact) mass is 207 g/mol. The Morgan fingerprint density at radius 3 is 2.69 bits per heavy atom. The lowest BCUT2D eigenvalue weighted by atomic mass is 10.3. The molecule has 0 bridgehead atoms. The predicted molar refractivity (Wildman–Crippen MR) is 54.1 cm³/mol. The number of alkyl halides is 1. The molecule has 1 N–H and O–H groups in total. The third kappa shape index (κ3) is 9.64. The standard InChI is InChI=1S/C9H18ClNO2/c1-8(2)13-7-9(12)11-6-4-3-5-10/h8H,3-7H2,1-2H3,(H,11,12). The molecule has 4 heteroatoms. The molecule has 0 heterocycles. The van der Waals surface area contributed by atoms with E-state index in [2.05, 4.69) is 5.32 Å². The second kappa shape index (κ2) is 8.32. The summed E-state index contributed by atoms with van der Waals surface area (Å²) in [6.45, 7) is 4.65. The van der Waals surface area contributed by atoms with E-state index in [1.807, 2.05) is 13.8 Å². The van der Waals surface area contributed by atoms with Crippen molar-refractivity contribution in [3.05, 3.63) is 0 Å². The Labute approximate surface area is 84.8 Å². The van der Waals surface area contributed by atoms with Crippen LogP contribution in [-0.4, -0.2) is 31.0 Å². The highest BCUT2D eigenvalue weighted by Gasteiger charge is 2.01. The molecular weight excluding hydrogens is 190 g/mol. The Kier molecular flexibility index (Phi) is 8.14. The van der Waals surface area contributed by atoms with Gasteiger partial charge in [0.15, 0.2) is 0 Å². The summed E-state index contributed by atoms with van der Waals surface area (Å²) in [6, 6.07) is 0. The van der Waals surface area contributed by atoms with Gasteiger partial charge in [0, 0.05) is 12.4 Å². The highest BCUT2D eigenvalue weighted by atomic mass is 35.5. The normalized spacial score (nSPS) is 10.5. The fourth-order valence-electron chi connectivity index (χ4n) is 0.741. The van der Waals surface area contributed by atoms with Crippen molar-refractivity contribution in [2.45, 2.75) is 32.8 Å². The van der Waals surface area contributed by atoms with Gasteiger partial charge in [-0.2, -0.15) is 0 Å². The van der Waals surface area contributed by atoms with Crippen molar-refractivity contribution < 1.29 is 9.53 Å². The maximum absolute atomic E-state index is 11.0. The molecule has 0 aromatic heterocycles. The smallest absolute Gasteiger partial charge is 0.246 e. The molecule has 78 valence electrons. The van der Waals surface area contributed by atoms with E-state index in [0.29, 0.717) is 12.4 Å². The van der Waals surface area contributed by atoms with Crippen molar-refractivity contribution in [3.63, 3.8) is 0 Å². The molecule has 0 aliphatic heterocycles. The Bertz CT molecular complexity index is 140. The summed E-state index contributed by atoms with van der Waals surface area (Å²) in [5, 5.41) is 2.75. The zero-order valence-electron chi connectivity index (χ0n) is 8.31. The minimum atomic E-state index is -0.0525. The van der Waals surface area contributed by atoms with Gasteiger partial charge in [0.25, 0.3) is 0 Å². The number of ether oxygens (including phenoxy) is 1. The lowest BCUT2D eigenvalue weighted by molar-refractivity contribution is -0.127. The lowest BCUT2D eigenvalue weighted by Crippen LogP contribution is -2.29. The Balaban J connectivity index is 3.20. The molecule has 1 amide bonds. The molecule has 0 fully saturated rings. The number of nitrogens with one attached hydrogen (secondary N) is 1. The third-order valence-corrected chi connectivity index (χ3v) is 1.70. The maximum Gasteiger partial charge on any atom is 0.246 e. The number of rotatable bonds is 7. The zero-order chi connectivity index (χ0) is 10.1. The van der Waals surface area contributed by atoms with Crippen molar-refractivity contribution in [3.8, 4) is 0 Å². The molecule has 0 saturated heterocycles. The number of halogens is 1. The number of carbonyl (C=O) groups is 1. The lowest BCUT2D eigenvalue weighted by Gasteiger charge is -2.07. The molecule has 3 nitrogen and oxygen atoms in total. The molecule has 0 rings (SSSR count). The highest BCUT2D eigenvalue weighted by Crippen LogP contribution is 1.90. The van der Waals surface area contributed by atoms with Gasteiger partial charge in [-0.05, 0) is 26.7 Å². The molecule has 0 aromatic carbocycles. The number of amides is 1. The first-order valence-electron chi connectivity index (χ1n) is 4.61. The van der Waals surface area contributed by atoms with Gasteiger partial charge in [0.2, 0.25) is 5.91 Å². The molecule has 0 aliphatic rings. The zero-order valence-corrected chi connectivity index (χ0v) is 9.06. The van der Waals surface area contributed by atoms with E-state index in [4.69, 9.17) is 16.3 Å². The van der Waals surface area contributed by atoms with Crippen molar-refractivity contribution in [2.75, 3.05) is 19.0 Å². The van der Waals surface area contributed by atoms with Crippen LogP contribution in [0.15, 0.2) is 0 Å². The van der Waals surface area contributed by atoms with Crippen LogP contribution in [0.25, 0.3) is 0 Å². The minimum absolute atomic E-state index is 0.0525. The summed E-state index contributed by atoms with van der Waals surface area (Å²) in [4.78, 5) is 11.0. The van der Waals surface area contributed by atoms with Gasteiger partial charge in [-0.25, -0.2) is 0 Å². The van der Waals surface area contributed by atoms with Crippen molar-refractivity contribution in [2.24, 2.45) is 0 Å².